The summed E-state index contributed by atoms with van der Waals surface area (Å²) < 4.78 is 0. The van der Waals surface area contributed by atoms with Crippen molar-refractivity contribution in [2.45, 2.75) is 83.0 Å². The second kappa shape index (κ2) is 17.9. The zero-order valence-corrected chi connectivity index (χ0v) is 21.6. The summed E-state index contributed by atoms with van der Waals surface area (Å²) in [7, 11) is 0. The lowest BCUT2D eigenvalue weighted by Gasteiger charge is -2.27. The minimum Gasteiger partial charge on any atom is -0.480 e. The fraction of sp³-hybridized carbons (Fsp3) is 0.727. The number of carboxylic acids is 1. The highest BCUT2D eigenvalue weighted by atomic mass is 16.4. The Morgan fingerprint density at radius 1 is 0.811 bits per heavy atom. The highest BCUT2D eigenvalue weighted by Crippen LogP contribution is 2.08. The van der Waals surface area contributed by atoms with Crippen LogP contribution in [0.25, 0.3) is 0 Å². The summed E-state index contributed by atoms with van der Waals surface area (Å²) in [5.74, 6) is -4.49. The van der Waals surface area contributed by atoms with Crippen LogP contribution < -0.4 is 44.6 Å². The van der Waals surface area contributed by atoms with Gasteiger partial charge in [-0.05, 0) is 51.0 Å². The normalized spacial score (nSPS) is 14.1. The Balaban J connectivity index is 5.37. The number of rotatable bonds is 19. The van der Waals surface area contributed by atoms with Gasteiger partial charge >= 0.3 is 5.97 Å². The Morgan fingerprint density at radius 3 is 1.95 bits per heavy atom. The highest BCUT2D eigenvalue weighted by Gasteiger charge is 2.31. The van der Waals surface area contributed by atoms with Crippen molar-refractivity contribution in [2.75, 3.05) is 13.1 Å². The molecule has 0 aromatic heterocycles. The largest absolute Gasteiger partial charge is 0.480 e. The van der Waals surface area contributed by atoms with Gasteiger partial charge in [-0.15, -0.1) is 0 Å². The van der Waals surface area contributed by atoms with Gasteiger partial charge in [0.1, 0.15) is 18.1 Å². The first kappa shape index (κ1) is 33.5. The van der Waals surface area contributed by atoms with Crippen molar-refractivity contribution in [1.29, 1.82) is 0 Å². The average molecular weight is 530 g/mol. The van der Waals surface area contributed by atoms with E-state index in [0.29, 0.717) is 25.8 Å². The van der Waals surface area contributed by atoms with Gasteiger partial charge in [0.05, 0.1) is 6.04 Å². The van der Waals surface area contributed by atoms with Crippen molar-refractivity contribution in [3.63, 3.8) is 0 Å². The number of primary amides is 1. The van der Waals surface area contributed by atoms with Crippen LogP contribution in [0.1, 0.15) is 58.8 Å². The van der Waals surface area contributed by atoms with E-state index >= 15 is 0 Å². The van der Waals surface area contributed by atoms with Crippen molar-refractivity contribution >= 4 is 35.6 Å². The second-order valence-corrected chi connectivity index (χ2v) is 9.04. The lowest BCUT2D eigenvalue weighted by atomic mass is 10.0. The third-order valence-electron chi connectivity index (χ3n) is 5.43. The van der Waals surface area contributed by atoms with E-state index in [-0.39, 0.29) is 38.2 Å². The number of nitrogens with zero attached hydrogens (tertiary/aromatic N) is 1. The molecule has 4 amide bonds. The molecule has 0 heterocycles. The van der Waals surface area contributed by atoms with Crippen molar-refractivity contribution in [1.82, 2.24) is 16.0 Å². The maximum Gasteiger partial charge on any atom is 0.326 e. The summed E-state index contributed by atoms with van der Waals surface area (Å²) in [6.07, 6.45) is 1.58. The molecule has 0 saturated heterocycles. The van der Waals surface area contributed by atoms with Gasteiger partial charge in [-0.3, -0.25) is 24.2 Å². The first-order valence-corrected chi connectivity index (χ1v) is 12.2. The van der Waals surface area contributed by atoms with Gasteiger partial charge in [0.25, 0.3) is 0 Å². The minimum absolute atomic E-state index is 0.0878. The number of guanidine groups is 1. The predicted molar refractivity (Wildman–Crippen MR) is 137 cm³/mol. The molecule has 0 rings (SSSR count). The molecule has 0 aliphatic rings. The number of nitrogens with two attached hydrogens (primary N) is 5. The summed E-state index contributed by atoms with van der Waals surface area (Å²) >= 11 is 0. The molecule has 0 aromatic rings. The third-order valence-corrected chi connectivity index (χ3v) is 5.43. The van der Waals surface area contributed by atoms with Gasteiger partial charge in [-0.2, -0.15) is 0 Å². The summed E-state index contributed by atoms with van der Waals surface area (Å²) in [5.41, 5.74) is 27.0. The summed E-state index contributed by atoms with van der Waals surface area (Å²) in [6, 6.07) is -4.45. The number of hydrogen-bond acceptors (Lipinski definition) is 8. The van der Waals surface area contributed by atoms with Crippen LogP contribution in [0.4, 0.5) is 0 Å². The number of amides is 4. The van der Waals surface area contributed by atoms with Crippen LogP contribution >= 0.6 is 0 Å². The average Bonchev–Trinajstić information content (AvgIpc) is 2.81. The lowest BCUT2D eigenvalue weighted by Crippen LogP contribution is -2.58. The van der Waals surface area contributed by atoms with Gasteiger partial charge in [0.2, 0.25) is 23.6 Å². The van der Waals surface area contributed by atoms with Gasteiger partial charge in [0.15, 0.2) is 5.96 Å². The van der Waals surface area contributed by atoms with Crippen molar-refractivity contribution < 1.29 is 29.1 Å². The van der Waals surface area contributed by atoms with Gasteiger partial charge < -0.3 is 49.7 Å². The van der Waals surface area contributed by atoms with Crippen LogP contribution in [0.15, 0.2) is 4.99 Å². The molecule has 0 bridgehead atoms. The standard InChI is InChI=1S/C22H43N9O6/c1-12(2)17(20(35)30-15(21(36)37)7-3-4-10-23)31-19(34)14(8-9-16(25)32)29-18(33)13(24)6-5-11-28-22(26)27/h12-15,17H,3-11,23-24H2,1-2H3,(H2,25,32)(H,29,33)(H,30,35)(H,31,34)(H,36,37)(H4,26,27,28). The molecule has 0 fully saturated rings. The maximum absolute atomic E-state index is 13.0. The maximum atomic E-state index is 13.0. The second-order valence-electron chi connectivity index (χ2n) is 9.04. The first-order chi connectivity index (χ1) is 17.3. The SMILES string of the molecule is CC(C)C(NC(=O)C(CCC(N)=O)NC(=O)C(N)CCCN=C(N)N)C(=O)NC(CCCCN)C(=O)O. The zero-order valence-electron chi connectivity index (χ0n) is 21.6. The molecular weight excluding hydrogens is 486 g/mol. The number of unbranched alkanes of at least 4 members (excludes halogenated alkanes) is 1. The van der Waals surface area contributed by atoms with E-state index in [2.05, 4.69) is 20.9 Å². The number of aliphatic imine (C=N–C) groups is 1. The van der Waals surface area contributed by atoms with Gasteiger partial charge in [-0.25, -0.2) is 4.79 Å². The highest BCUT2D eigenvalue weighted by molar-refractivity contribution is 5.94. The van der Waals surface area contributed by atoms with Crippen LogP contribution in [0.3, 0.4) is 0 Å². The van der Waals surface area contributed by atoms with E-state index in [1.165, 1.54) is 0 Å². The predicted octanol–water partition coefficient (Wildman–Crippen LogP) is -3.04. The van der Waals surface area contributed by atoms with Gasteiger partial charge in [0, 0.05) is 13.0 Å². The first-order valence-electron chi connectivity index (χ1n) is 12.2. The van der Waals surface area contributed by atoms with E-state index < -0.39 is 59.7 Å². The Kier molecular flexibility index (Phi) is 16.2. The summed E-state index contributed by atoms with van der Waals surface area (Å²) in [5, 5.41) is 16.9. The zero-order chi connectivity index (χ0) is 28.5. The number of aliphatic carboxylic acids is 1. The molecule has 212 valence electrons. The number of nitrogens with one attached hydrogen (secondary N) is 3. The van der Waals surface area contributed by atoms with E-state index in [1.807, 2.05) is 0 Å². The van der Waals surface area contributed by atoms with Crippen LogP contribution in [-0.4, -0.2) is 77.9 Å². The molecule has 15 heteroatoms. The van der Waals surface area contributed by atoms with Crippen LogP contribution in [0.2, 0.25) is 0 Å². The number of carboxylic acid groups (broad SMARTS) is 1. The van der Waals surface area contributed by atoms with Gasteiger partial charge in [-0.1, -0.05) is 13.8 Å². The Bertz CT molecular complexity index is 802. The molecule has 15 nitrogen and oxygen atoms in total. The molecule has 0 saturated carbocycles. The van der Waals surface area contributed by atoms with E-state index in [0.717, 1.165) is 0 Å². The Labute approximate surface area is 216 Å². The molecule has 4 unspecified atom stereocenters. The number of carbonyl (C=O) groups is 5. The third kappa shape index (κ3) is 14.6. The lowest BCUT2D eigenvalue weighted by molar-refractivity contribution is -0.142. The monoisotopic (exact) mass is 529 g/mol. The summed E-state index contributed by atoms with van der Waals surface area (Å²) in [6.45, 7) is 3.99. The van der Waals surface area contributed by atoms with E-state index in [9.17, 15) is 29.1 Å². The summed E-state index contributed by atoms with van der Waals surface area (Å²) in [4.78, 5) is 65.1. The molecule has 37 heavy (non-hydrogen) atoms. The Hall–Kier alpha value is -3.46. The van der Waals surface area contributed by atoms with Crippen LogP contribution in [-0.2, 0) is 24.0 Å². The molecule has 0 aliphatic carbocycles. The molecule has 0 aromatic carbocycles. The number of hydrogen-bond donors (Lipinski definition) is 9. The van der Waals surface area contributed by atoms with Crippen LogP contribution in [0.5, 0.6) is 0 Å². The fourth-order valence-corrected chi connectivity index (χ4v) is 3.29. The van der Waals surface area contributed by atoms with Crippen LogP contribution in [0, 0.1) is 5.92 Å². The molecule has 0 radical (unpaired) electrons. The van der Waals surface area contributed by atoms with E-state index in [1.54, 1.807) is 13.8 Å². The Morgan fingerprint density at radius 2 is 1.43 bits per heavy atom. The minimum atomic E-state index is -1.21. The smallest absolute Gasteiger partial charge is 0.326 e. The van der Waals surface area contributed by atoms with E-state index in [4.69, 9.17) is 28.7 Å². The molecule has 4 atom stereocenters. The fourth-order valence-electron chi connectivity index (χ4n) is 3.29. The molecular formula is C22H43N9O6. The molecule has 14 N–H and O–H groups in total. The quantitative estimate of drug-likeness (QED) is 0.0463. The molecule has 0 spiro atoms. The number of carbonyl (C=O) groups excluding carboxylic acids is 4. The topological polar surface area (TPSA) is 284 Å². The van der Waals surface area contributed by atoms with Crippen molar-refractivity contribution in [3.8, 4) is 0 Å². The van der Waals surface area contributed by atoms with Crippen molar-refractivity contribution in [3.05, 3.63) is 0 Å². The van der Waals surface area contributed by atoms with Crippen molar-refractivity contribution in [2.24, 2.45) is 39.6 Å². The molecule has 0 aliphatic heterocycles.